The topological polar surface area (TPSA) is 90.4 Å². The van der Waals surface area contributed by atoms with Crippen molar-refractivity contribution in [3.05, 3.63) is 80.0 Å². The van der Waals surface area contributed by atoms with Gasteiger partial charge in [0.25, 0.3) is 11.5 Å². The van der Waals surface area contributed by atoms with Crippen LogP contribution in [0.3, 0.4) is 0 Å². The molecule has 1 amide bonds. The van der Waals surface area contributed by atoms with Crippen LogP contribution in [0.4, 0.5) is 0 Å². The predicted molar refractivity (Wildman–Crippen MR) is 141 cm³/mol. The summed E-state index contributed by atoms with van der Waals surface area (Å²) < 4.78 is 4.45. The SMILES string of the molecule is Cc1cccc(Cn2nc3n(CC(C)C)c(=O)c4ccc(C(=O)NC5CCCCC5)cc4n3c2=O)c1. The van der Waals surface area contributed by atoms with Crippen molar-refractivity contribution in [1.29, 1.82) is 0 Å². The summed E-state index contributed by atoms with van der Waals surface area (Å²) in [5.41, 5.74) is 2.35. The number of carbonyl (C=O) groups excluding carboxylic acids is 1. The average Bonchev–Trinajstić information content (AvgIpc) is 3.17. The van der Waals surface area contributed by atoms with Crippen molar-refractivity contribution in [3.8, 4) is 0 Å². The maximum atomic E-state index is 13.6. The maximum Gasteiger partial charge on any atom is 0.352 e. The Bertz CT molecular complexity index is 1550. The van der Waals surface area contributed by atoms with Gasteiger partial charge < -0.3 is 5.32 Å². The molecule has 4 aromatic rings. The third kappa shape index (κ3) is 4.59. The second-order valence-corrected chi connectivity index (χ2v) is 10.4. The highest BCUT2D eigenvalue weighted by Gasteiger charge is 2.21. The van der Waals surface area contributed by atoms with Crippen molar-refractivity contribution >= 4 is 22.6 Å². The Hall–Kier alpha value is -3.68. The normalized spacial score (nSPS) is 14.7. The lowest BCUT2D eigenvalue weighted by Crippen LogP contribution is -2.36. The number of rotatable bonds is 6. The zero-order valence-corrected chi connectivity index (χ0v) is 21.2. The summed E-state index contributed by atoms with van der Waals surface area (Å²) in [6.45, 7) is 6.77. The van der Waals surface area contributed by atoms with E-state index in [0.717, 1.165) is 36.8 Å². The Morgan fingerprint density at radius 3 is 2.58 bits per heavy atom. The van der Waals surface area contributed by atoms with E-state index in [-0.39, 0.29) is 29.1 Å². The van der Waals surface area contributed by atoms with Gasteiger partial charge in [0, 0.05) is 18.2 Å². The van der Waals surface area contributed by atoms with Gasteiger partial charge in [0.15, 0.2) is 0 Å². The van der Waals surface area contributed by atoms with Crippen LogP contribution in [0.2, 0.25) is 0 Å². The Balaban J connectivity index is 1.65. The first-order valence-corrected chi connectivity index (χ1v) is 12.8. The summed E-state index contributed by atoms with van der Waals surface area (Å²) in [5, 5.41) is 8.12. The smallest absolute Gasteiger partial charge is 0.349 e. The van der Waals surface area contributed by atoms with E-state index in [0.29, 0.717) is 35.3 Å². The Morgan fingerprint density at radius 1 is 1.08 bits per heavy atom. The van der Waals surface area contributed by atoms with E-state index in [1.54, 1.807) is 22.8 Å². The zero-order valence-electron chi connectivity index (χ0n) is 21.2. The van der Waals surface area contributed by atoms with Gasteiger partial charge in [-0.3, -0.25) is 14.2 Å². The van der Waals surface area contributed by atoms with Crippen molar-refractivity contribution in [1.82, 2.24) is 24.1 Å². The molecule has 0 aliphatic heterocycles. The summed E-state index contributed by atoms with van der Waals surface area (Å²) in [6, 6.07) is 13.1. The van der Waals surface area contributed by atoms with Gasteiger partial charge in [0.2, 0.25) is 5.78 Å². The fourth-order valence-corrected chi connectivity index (χ4v) is 5.19. The highest BCUT2D eigenvalue weighted by atomic mass is 16.2. The fourth-order valence-electron chi connectivity index (χ4n) is 5.19. The monoisotopic (exact) mass is 487 g/mol. The summed E-state index contributed by atoms with van der Waals surface area (Å²) >= 11 is 0. The maximum absolute atomic E-state index is 13.6. The van der Waals surface area contributed by atoms with Gasteiger partial charge in [0.05, 0.1) is 17.4 Å². The van der Waals surface area contributed by atoms with Crippen LogP contribution in [-0.2, 0) is 13.1 Å². The highest BCUT2D eigenvalue weighted by molar-refractivity contribution is 5.98. The molecule has 2 aromatic carbocycles. The predicted octanol–water partition coefficient (Wildman–Crippen LogP) is 3.89. The summed E-state index contributed by atoms with van der Waals surface area (Å²) in [7, 11) is 0. The van der Waals surface area contributed by atoms with Crippen LogP contribution in [0.1, 0.15) is 67.4 Å². The number of aryl methyl sites for hydroxylation is 1. The standard InChI is InChI=1S/C28H33N5O3/c1-18(2)16-31-26(35)23-13-12-21(25(34)29-22-10-5-4-6-11-22)15-24(23)33-27(31)30-32(28(33)36)17-20-9-7-8-19(3)14-20/h7-9,12-15,18,22H,4-6,10-11,16-17H2,1-3H3,(H,29,34). The van der Waals surface area contributed by atoms with E-state index in [9.17, 15) is 14.4 Å². The van der Waals surface area contributed by atoms with Crippen molar-refractivity contribution in [2.75, 3.05) is 0 Å². The molecule has 1 N–H and O–H groups in total. The van der Waals surface area contributed by atoms with Crippen LogP contribution < -0.4 is 16.6 Å². The zero-order chi connectivity index (χ0) is 25.4. The van der Waals surface area contributed by atoms with Gasteiger partial charge in [-0.15, -0.1) is 5.10 Å². The van der Waals surface area contributed by atoms with Gasteiger partial charge >= 0.3 is 5.69 Å². The highest BCUT2D eigenvalue weighted by Crippen LogP contribution is 2.19. The number of fused-ring (bicyclic) bond motifs is 3. The molecule has 0 radical (unpaired) electrons. The minimum Gasteiger partial charge on any atom is -0.349 e. The molecule has 8 heteroatoms. The van der Waals surface area contributed by atoms with Gasteiger partial charge in [0.1, 0.15) is 0 Å². The number of aromatic nitrogens is 4. The van der Waals surface area contributed by atoms with E-state index >= 15 is 0 Å². The molecule has 36 heavy (non-hydrogen) atoms. The third-order valence-corrected chi connectivity index (χ3v) is 6.94. The number of carbonyl (C=O) groups is 1. The molecule has 1 fully saturated rings. The van der Waals surface area contributed by atoms with Crippen LogP contribution >= 0.6 is 0 Å². The number of nitrogens with one attached hydrogen (secondary N) is 1. The molecule has 8 nitrogen and oxygen atoms in total. The van der Waals surface area contributed by atoms with Gasteiger partial charge in [-0.1, -0.05) is 62.9 Å². The third-order valence-electron chi connectivity index (χ3n) is 6.94. The van der Waals surface area contributed by atoms with Gasteiger partial charge in [-0.25, -0.2) is 13.9 Å². The number of nitrogens with zero attached hydrogens (tertiary/aromatic N) is 4. The van der Waals surface area contributed by atoms with E-state index in [1.807, 2.05) is 45.0 Å². The summed E-state index contributed by atoms with van der Waals surface area (Å²) in [5.74, 6) is 0.300. The van der Waals surface area contributed by atoms with E-state index in [4.69, 9.17) is 0 Å². The molecule has 2 aromatic heterocycles. The molecular formula is C28H33N5O3. The van der Waals surface area contributed by atoms with E-state index in [2.05, 4.69) is 10.4 Å². The van der Waals surface area contributed by atoms with E-state index in [1.165, 1.54) is 15.5 Å². The second kappa shape index (κ2) is 9.76. The molecule has 0 unspecified atom stereocenters. The number of amides is 1. The molecule has 0 saturated heterocycles. The molecule has 5 rings (SSSR count). The van der Waals surface area contributed by atoms with Crippen molar-refractivity contribution in [2.45, 2.75) is 72.0 Å². The molecule has 1 aliphatic carbocycles. The molecule has 0 atom stereocenters. The first-order valence-electron chi connectivity index (χ1n) is 12.8. The van der Waals surface area contributed by atoms with Gasteiger partial charge in [-0.05, 0) is 49.4 Å². The van der Waals surface area contributed by atoms with Crippen LogP contribution in [0.25, 0.3) is 16.7 Å². The minimum absolute atomic E-state index is 0.167. The number of hydrogen-bond donors (Lipinski definition) is 1. The Kier molecular flexibility index (Phi) is 6.51. The molecule has 1 saturated carbocycles. The average molecular weight is 488 g/mol. The molecule has 1 aliphatic rings. The van der Waals surface area contributed by atoms with Crippen LogP contribution in [0.5, 0.6) is 0 Å². The van der Waals surface area contributed by atoms with Crippen LogP contribution in [0, 0.1) is 12.8 Å². The van der Waals surface area contributed by atoms with Crippen molar-refractivity contribution in [2.24, 2.45) is 5.92 Å². The molecular weight excluding hydrogens is 454 g/mol. The lowest BCUT2D eigenvalue weighted by molar-refractivity contribution is 0.0928. The molecule has 2 heterocycles. The quantitative estimate of drug-likeness (QED) is 0.447. The largest absolute Gasteiger partial charge is 0.352 e. The summed E-state index contributed by atoms with van der Waals surface area (Å²) in [4.78, 5) is 40.2. The van der Waals surface area contributed by atoms with Crippen LogP contribution in [0.15, 0.2) is 52.1 Å². The molecule has 188 valence electrons. The fraction of sp³-hybridized carbons (Fsp3) is 0.429. The second-order valence-electron chi connectivity index (χ2n) is 10.4. The van der Waals surface area contributed by atoms with Crippen molar-refractivity contribution in [3.63, 3.8) is 0 Å². The number of benzene rings is 2. The Labute approximate surface area is 209 Å². The minimum atomic E-state index is -0.334. The van der Waals surface area contributed by atoms with E-state index < -0.39 is 0 Å². The molecule has 0 bridgehead atoms. The molecule has 0 spiro atoms. The summed E-state index contributed by atoms with van der Waals surface area (Å²) in [6.07, 6.45) is 5.41. The van der Waals surface area contributed by atoms with Crippen LogP contribution in [-0.4, -0.2) is 30.7 Å². The Morgan fingerprint density at radius 2 is 1.86 bits per heavy atom. The first kappa shape index (κ1) is 24.0. The van der Waals surface area contributed by atoms with Crippen molar-refractivity contribution < 1.29 is 4.79 Å². The van der Waals surface area contributed by atoms with Gasteiger partial charge in [-0.2, -0.15) is 0 Å². The lowest BCUT2D eigenvalue weighted by Gasteiger charge is -2.22. The first-order chi connectivity index (χ1) is 17.3. The number of hydrogen-bond acceptors (Lipinski definition) is 4. The lowest BCUT2D eigenvalue weighted by atomic mass is 9.95.